The van der Waals surface area contributed by atoms with Gasteiger partial charge in [0.25, 0.3) is 5.91 Å². The number of carbonyl (C=O) groups excluding carboxylic acids is 1. The molecule has 1 saturated carbocycles. The lowest BCUT2D eigenvalue weighted by Crippen LogP contribution is -2.47. The molecule has 0 radical (unpaired) electrons. The predicted octanol–water partition coefficient (Wildman–Crippen LogP) is 4.02. The average Bonchev–Trinajstić information content (AvgIpc) is 3.32. The van der Waals surface area contributed by atoms with E-state index in [9.17, 15) is 4.79 Å². The van der Waals surface area contributed by atoms with Crippen LogP contribution in [0.5, 0.6) is 0 Å². The van der Waals surface area contributed by atoms with E-state index in [1.54, 1.807) is 0 Å². The van der Waals surface area contributed by atoms with Gasteiger partial charge in [-0.3, -0.25) is 4.79 Å². The van der Waals surface area contributed by atoms with Crippen molar-refractivity contribution in [1.29, 1.82) is 0 Å². The van der Waals surface area contributed by atoms with Gasteiger partial charge in [-0.2, -0.15) is 0 Å². The molecule has 2 aromatic rings. The number of piperidine rings is 1. The zero-order valence-corrected chi connectivity index (χ0v) is 13.7. The van der Waals surface area contributed by atoms with E-state index in [-0.39, 0.29) is 11.3 Å². The van der Waals surface area contributed by atoms with Gasteiger partial charge in [0.05, 0.1) is 0 Å². The highest BCUT2D eigenvalue weighted by Crippen LogP contribution is 2.37. The number of amides is 1. The summed E-state index contributed by atoms with van der Waals surface area (Å²) in [7, 11) is 0. The van der Waals surface area contributed by atoms with Crippen LogP contribution in [-0.4, -0.2) is 28.5 Å². The summed E-state index contributed by atoms with van der Waals surface area (Å²) in [6.45, 7) is 3.98. The van der Waals surface area contributed by atoms with Crippen molar-refractivity contribution in [3.05, 3.63) is 59.9 Å². The minimum Gasteiger partial charge on any atom is -0.340 e. The Balaban J connectivity index is 1.57. The molecule has 0 spiro atoms. The second-order valence-electron chi connectivity index (χ2n) is 7.29. The molecule has 0 N–H and O–H groups in total. The molecule has 1 amide bonds. The zero-order valence-electron chi connectivity index (χ0n) is 13.7. The average molecular weight is 308 g/mol. The Bertz CT molecular complexity index is 701. The number of rotatable bonds is 3. The van der Waals surface area contributed by atoms with Crippen LogP contribution in [0.2, 0.25) is 0 Å². The maximum absolute atomic E-state index is 13.0. The summed E-state index contributed by atoms with van der Waals surface area (Å²) >= 11 is 0. The van der Waals surface area contributed by atoms with Gasteiger partial charge < -0.3 is 9.47 Å². The lowest BCUT2D eigenvalue weighted by Gasteiger charge is -2.41. The smallest absolute Gasteiger partial charge is 0.270 e. The highest BCUT2D eigenvalue weighted by Gasteiger charge is 2.36. The van der Waals surface area contributed by atoms with Crippen LogP contribution in [-0.2, 0) is 5.41 Å². The van der Waals surface area contributed by atoms with Crippen molar-refractivity contribution < 1.29 is 4.79 Å². The first-order chi connectivity index (χ1) is 11.2. The van der Waals surface area contributed by atoms with Crippen LogP contribution in [0, 0.1) is 0 Å². The molecule has 3 heteroatoms. The molecule has 1 aromatic heterocycles. The van der Waals surface area contributed by atoms with E-state index in [4.69, 9.17) is 0 Å². The molecule has 4 rings (SSSR count). The van der Waals surface area contributed by atoms with Crippen molar-refractivity contribution in [2.45, 2.75) is 44.1 Å². The molecule has 1 saturated heterocycles. The first-order valence-electron chi connectivity index (χ1n) is 8.69. The van der Waals surface area contributed by atoms with Crippen LogP contribution in [0.25, 0.3) is 0 Å². The van der Waals surface area contributed by atoms with Gasteiger partial charge in [0.1, 0.15) is 5.69 Å². The molecule has 1 atom stereocenters. The van der Waals surface area contributed by atoms with Crippen LogP contribution >= 0.6 is 0 Å². The Morgan fingerprint density at radius 3 is 2.65 bits per heavy atom. The quantitative estimate of drug-likeness (QED) is 0.841. The van der Waals surface area contributed by atoms with E-state index in [1.807, 2.05) is 12.1 Å². The predicted molar refractivity (Wildman–Crippen MR) is 91.6 cm³/mol. The lowest BCUT2D eigenvalue weighted by atomic mass is 9.76. The Kier molecular flexibility index (Phi) is 3.51. The molecule has 120 valence electrons. The Hall–Kier alpha value is -2.03. The molecule has 1 aliphatic heterocycles. The number of carbonyl (C=O) groups is 1. The number of hydrogen-bond acceptors (Lipinski definition) is 1. The van der Waals surface area contributed by atoms with Crippen LogP contribution in [0.1, 0.15) is 54.7 Å². The standard InChI is InChI=1S/C20H24N2O/c1-20(16-7-3-2-4-8-16)12-6-13-21(15-20)19(23)18-9-5-14-22(18)17-10-11-17/h2-5,7-9,14,17H,6,10-13,15H2,1H3/t20-/m0/s1. The largest absolute Gasteiger partial charge is 0.340 e. The molecule has 0 unspecified atom stereocenters. The SMILES string of the molecule is C[C@]1(c2ccccc2)CCCN(C(=O)c2cccn2C2CC2)C1. The van der Waals surface area contributed by atoms with Crippen molar-refractivity contribution in [2.75, 3.05) is 13.1 Å². The summed E-state index contributed by atoms with van der Waals surface area (Å²) in [5.74, 6) is 0.198. The fourth-order valence-electron chi connectivity index (χ4n) is 3.90. The molecule has 0 bridgehead atoms. The van der Waals surface area contributed by atoms with Gasteiger partial charge in [-0.05, 0) is 43.4 Å². The molecular formula is C20H24N2O. The maximum atomic E-state index is 13.0. The van der Waals surface area contributed by atoms with Crippen LogP contribution in [0.15, 0.2) is 48.7 Å². The number of benzene rings is 1. The lowest BCUT2D eigenvalue weighted by molar-refractivity contribution is 0.0640. The van der Waals surface area contributed by atoms with Gasteiger partial charge in [-0.25, -0.2) is 0 Å². The van der Waals surface area contributed by atoms with Crippen molar-refractivity contribution in [3.8, 4) is 0 Å². The minimum absolute atomic E-state index is 0.0617. The molecule has 1 aliphatic carbocycles. The Morgan fingerprint density at radius 1 is 1.13 bits per heavy atom. The number of nitrogens with zero attached hydrogens (tertiary/aromatic N) is 2. The normalized spacial score (nSPS) is 24.7. The van der Waals surface area contributed by atoms with Gasteiger partial charge in [0.2, 0.25) is 0 Å². The van der Waals surface area contributed by atoms with E-state index >= 15 is 0 Å². The highest BCUT2D eigenvalue weighted by molar-refractivity contribution is 5.93. The van der Waals surface area contributed by atoms with Crippen molar-refractivity contribution in [1.82, 2.24) is 9.47 Å². The van der Waals surface area contributed by atoms with E-state index in [2.05, 4.69) is 52.9 Å². The van der Waals surface area contributed by atoms with Crippen LogP contribution in [0.4, 0.5) is 0 Å². The first-order valence-corrected chi connectivity index (χ1v) is 8.69. The maximum Gasteiger partial charge on any atom is 0.270 e. The third-order valence-corrected chi connectivity index (χ3v) is 5.39. The topological polar surface area (TPSA) is 25.2 Å². The second-order valence-corrected chi connectivity index (χ2v) is 7.29. The van der Waals surface area contributed by atoms with Crippen molar-refractivity contribution >= 4 is 5.91 Å². The van der Waals surface area contributed by atoms with Gasteiger partial charge in [0.15, 0.2) is 0 Å². The number of aromatic nitrogens is 1. The monoisotopic (exact) mass is 308 g/mol. The third kappa shape index (κ3) is 2.69. The van der Waals surface area contributed by atoms with E-state index in [0.717, 1.165) is 31.6 Å². The van der Waals surface area contributed by atoms with Crippen LogP contribution in [0.3, 0.4) is 0 Å². The van der Waals surface area contributed by atoms with Crippen LogP contribution < -0.4 is 0 Å². The highest BCUT2D eigenvalue weighted by atomic mass is 16.2. The second kappa shape index (κ2) is 5.55. The summed E-state index contributed by atoms with van der Waals surface area (Å²) in [6, 6.07) is 15.2. The molecular weight excluding hydrogens is 284 g/mol. The summed E-state index contributed by atoms with van der Waals surface area (Å²) in [4.78, 5) is 15.1. The molecule has 23 heavy (non-hydrogen) atoms. The fourth-order valence-corrected chi connectivity index (χ4v) is 3.90. The van der Waals surface area contributed by atoms with E-state index in [1.165, 1.54) is 18.4 Å². The Morgan fingerprint density at radius 2 is 1.91 bits per heavy atom. The summed E-state index contributed by atoms with van der Waals surface area (Å²) in [6.07, 6.45) is 6.68. The third-order valence-electron chi connectivity index (χ3n) is 5.39. The van der Waals surface area contributed by atoms with Gasteiger partial charge in [-0.15, -0.1) is 0 Å². The molecule has 2 heterocycles. The zero-order chi connectivity index (χ0) is 15.9. The van der Waals surface area contributed by atoms with E-state index in [0.29, 0.717) is 6.04 Å². The number of hydrogen-bond donors (Lipinski definition) is 0. The molecule has 3 nitrogen and oxygen atoms in total. The summed E-state index contributed by atoms with van der Waals surface area (Å²) in [5.41, 5.74) is 2.27. The van der Waals surface area contributed by atoms with Gasteiger partial charge >= 0.3 is 0 Å². The first kappa shape index (κ1) is 14.6. The van der Waals surface area contributed by atoms with Gasteiger partial charge in [-0.1, -0.05) is 37.3 Å². The van der Waals surface area contributed by atoms with Gasteiger partial charge in [0, 0.05) is 30.7 Å². The van der Waals surface area contributed by atoms with E-state index < -0.39 is 0 Å². The van der Waals surface area contributed by atoms with Crippen molar-refractivity contribution in [3.63, 3.8) is 0 Å². The number of likely N-dealkylation sites (tertiary alicyclic amines) is 1. The summed E-state index contributed by atoms with van der Waals surface area (Å²) < 4.78 is 2.18. The minimum atomic E-state index is 0.0617. The molecule has 1 aromatic carbocycles. The molecule has 2 aliphatic rings. The summed E-state index contributed by atoms with van der Waals surface area (Å²) in [5, 5.41) is 0. The Labute approximate surface area is 137 Å². The van der Waals surface area contributed by atoms with Crippen molar-refractivity contribution in [2.24, 2.45) is 0 Å². The fraction of sp³-hybridized carbons (Fsp3) is 0.450. The molecule has 2 fully saturated rings.